The molecule has 164 valence electrons. The molecule has 33 heavy (non-hydrogen) atoms. The van der Waals surface area contributed by atoms with Crippen molar-refractivity contribution in [1.29, 1.82) is 0 Å². The van der Waals surface area contributed by atoms with Crippen LogP contribution in [0.3, 0.4) is 0 Å². The van der Waals surface area contributed by atoms with E-state index in [1.807, 2.05) is 70.6 Å². The molecule has 1 N–H and O–H groups in total. The second-order valence-electron chi connectivity index (χ2n) is 7.18. The van der Waals surface area contributed by atoms with Gasteiger partial charge in [0, 0.05) is 33.6 Å². The highest BCUT2D eigenvalue weighted by Gasteiger charge is 2.17. The van der Waals surface area contributed by atoms with E-state index in [2.05, 4.69) is 26.7 Å². The molecule has 0 amide bonds. The number of nitrogens with zero attached hydrogens (tertiary/aromatic N) is 4. The average Bonchev–Trinajstić information content (AvgIpc) is 3.43. The van der Waals surface area contributed by atoms with E-state index in [0.29, 0.717) is 33.4 Å². The number of rotatable bonds is 7. The number of halogens is 1. The monoisotopic (exact) mass is 491 g/mol. The van der Waals surface area contributed by atoms with Crippen LogP contribution in [0, 0.1) is 0 Å². The van der Waals surface area contributed by atoms with Crippen LogP contribution < -0.4 is 5.56 Å². The summed E-state index contributed by atoms with van der Waals surface area (Å²) in [5.41, 5.74) is 2.43. The van der Waals surface area contributed by atoms with E-state index >= 15 is 0 Å². The Morgan fingerprint density at radius 3 is 2.67 bits per heavy atom. The Kier molecular flexibility index (Phi) is 6.13. The summed E-state index contributed by atoms with van der Waals surface area (Å²) in [5.74, 6) is 1.81. The van der Waals surface area contributed by atoms with Gasteiger partial charge in [0.05, 0.1) is 11.1 Å². The molecule has 5 aromatic rings. The topological polar surface area (TPSA) is 76.5 Å². The van der Waals surface area contributed by atoms with Gasteiger partial charge < -0.3 is 4.98 Å². The van der Waals surface area contributed by atoms with Crippen molar-refractivity contribution in [2.45, 2.75) is 17.5 Å². The van der Waals surface area contributed by atoms with Crippen molar-refractivity contribution in [1.82, 2.24) is 24.7 Å². The lowest BCUT2D eigenvalue weighted by atomic mass is 10.1. The molecule has 0 spiro atoms. The predicted molar refractivity (Wildman–Crippen MR) is 136 cm³/mol. The molecule has 0 aliphatic rings. The van der Waals surface area contributed by atoms with Gasteiger partial charge in [-0.15, -0.1) is 28.1 Å². The second-order valence-corrected chi connectivity index (χ2v) is 9.39. The first kappa shape index (κ1) is 21.6. The number of hydrogen-bond acceptors (Lipinski definition) is 6. The molecule has 0 saturated carbocycles. The van der Waals surface area contributed by atoms with Gasteiger partial charge >= 0.3 is 0 Å². The summed E-state index contributed by atoms with van der Waals surface area (Å²) in [6.45, 7) is 4.43. The molecule has 0 saturated heterocycles. The van der Waals surface area contributed by atoms with Gasteiger partial charge in [-0.3, -0.25) is 9.36 Å². The number of aromatic nitrogens is 5. The zero-order valence-corrected chi connectivity index (χ0v) is 19.8. The van der Waals surface area contributed by atoms with E-state index in [1.54, 1.807) is 0 Å². The van der Waals surface area contributed by atoms with Crippen LogP contribution in [0.5, 0.6) is 0 Å². The zero-order valence-electron chi connectivity index (χ0n) is 17.4. The molecule has 0 atom stereocenters. The van der Waals surface area contributed by atoms with E-state index in [4.69, 9.17) is 11.6 Å². The van der Waals surface area contributed by atoms with Crippen molar-refractivity contribution in [3.63, 3.8) is 0 Å². The fraction of sp³-hybridized carbons (Fsp3) is 0.0833. The van der Waals surface area contributed by atoms with Crippen LogP contribution in [0.4, 0.5) is 0 Å². The molecule has 0 aliphatic heterocycles. The van der Waals surface area contributed by atoms with Crippen LogP contribution in [-0.4, -0.2) is 24.7 Å². The SMILES string of the molecule is C=CCn1c(SCc2nc3scc(-c4ccccc4Cl)c3c(=O)[nH]2)nnc1-c1ccccc1. The summed E-state index contributed by atoms with van der Waals surface area (Å²) < 4.78 is 2.00. The summed E-state index contributed by atoms with van der Waals surface area (Å²) in [4.78, 5) is 21.2. The van der Waals surface area contributed by atoms with Gasteiger partial charge in [-0.1, -0.05) is 78.0 Å². The Morgan fingerprint density at radius 1 is 1.09 bits per heavy atom. The van der Waals surface area contributed by atoms with Crippen LogP contribution in [0.1, 0.15) is 5.82 Å². The third-order valence-electron chi connectivity index (χ3n) is 5.06. The molecule has 0 unspecified atom stereocenters. The summed E-state index contributed by atoms with van der Waals surface area (Å²) in [6, 6.07) is 17.4. The van der Waals surface area contributed by atoms with Gasteiger partial charge in [0.15, 0.2) is 11.0 Å². The maximum Gasteiger partial charge on any atom is 0.260 e. The molecule has 3 aromatic heterocycles. The number of allylic oxidation sites excluding steroid dienone is 1. The minimum atomic E-state index is -0.177. The fourth-order valence-electron chi connectivity index (χ4n) is 3.56. The number of aromatic amines is 1. The predicted octanol–water partition coefficient (Wildman–Crippen LogP) is 6.04. The van der Waals surface area contributed by atoms with Crippen LogP contribution in [0.15, 0.2) is 82.6 Å². The number of hydrogen-bond donors (Lipinski definition) is 1. The molecule has 0 aliphatic carbocycles. The summed E-state index contributed by atoms with van der Waals surface area (Å²) >= 11 is 9.26. The van der Waals surface area contributed by atoms with Crippen LogP contribution in [0.2, 0.25) is 5.02 Å². The van der Waals surface area contributed by atoms with Gasteiger partial charge in [-0.2, -0.15) is 0 Å². The molecule has 0 radical (unpaired) electrons. The summed E-state index contributed by atoms with van der Waals surface area (Å²) in [5, 5.41) is 12.6. The van der Waals surface area contributed by atoms with Crippen molar-refractivity contribution < 1.29 is 0 Å². The van der Waals surface area contributed by atoms with E-state index in [0.717, 1.165) is 27.7 Å². The maximum absolute atomic E-state index is 12.9. The number of H-pyrrole nitrogens is 1. The van der Waals surface area contributed by atoms with E-state index < -0.39 is 0 Å². The van der Waals surface area contributed by atoms with E-state index in [1.165, 1.54) is 23.1 Å². The fourth-order valence-corrected chi connectivity index (χ4v) is 5.58. The van der Waals surface area contributed by atoms with Crippen molar-refractivity contribution in [3.05, 3.63) is 93.8 Å². The number of fused-ring (bicyclic) bond motifs is 1. The number of thiophene rings is 1. The minimum absolute atomic E-state index is 0.177. The zero-order chi connectivity index (χ0) is 22.8. The van der Waals surface area contributed by atoms with Crippen LogP contribution in [-0.2, 0) is 12.3 Å². The molecule has 0 bridgehead atoms. The van der Waals surface area contributed by atoms with Crippen LogP contribution in [0.25, 0.3) is 32.7 Å². The first-order valence-electron chi connectivity index (χ1n) is 10.1. The van der Waals surface area contributed by atoms with Gasteiger partial charge in [0.2, 0.25) is 0 Å². The third-order valence-corrected chi connectivity index (χ3v) is 7.24. The maximum atomic E-state index is 12.9. The third kappa shape index (κ3) is 4.25. The molecule has 3 heterocycles. The smallest absolute Gasteiger partial charge is 0.260 e. The van der Waals surface area contributed by atoms with Crippen molar-refractivity contribution >= 4 is 44.9 Å². The van der Waals surface area contributed by atoms with Gasteiger partial charge in [0.25, 0.3) is 5.56 Å². The largest absolute Gasteiger partial charge is 0.309 e. The first-order chi connectivity index (χ1) is 16.2. The number of thioether (sulfide) groups is 1. The number of nitrogens with one attached hydrogen (secondary N) is 1. The molecule has 6 nitrogen and oxygen atoms in total. The highest BCUT2D eigenvalue weighted by atomic mass is 35.5. The standard InChI is InChI=1S/C24H18ClN5OS2/c1-2-12-30-21(15-8-4-3-5-9-15)28-29-24(30)33-14-19-26-22(31)20-17(13-32-23(20)27-19)16-10-6-7-11-18(16)25/h2-11,13H,1,12,14H2,(H,26,27,31). The Balaban J connectivity index is 1.44. The van der Waals surface area contributed by atoms with Crippen molar-refractivity contribution in [2.24, 2.45) is 0 Å². The molecule has 2 aromatic carbocycles. The van der Waals surface area contributed by atoms with E-state index in [9.17, 15) is 4.79 Å². The highest BCUT2D eigenvalue weighted by molar-refractivity contribution is 7.98. The van der Waals surface area contributed by atoms with E-state index in [-0.39, 0.29) is 5.56 Å². The van der Waals surface area contributed by atoms with Gasteiger partial charge in [0.1, 0.15) is 10.7 Å². The Hall–Kier alpha value is -3.20. The minimum Gasteiger partial charge on any atom is -0.309 e. The van der Waals surface area contributed by atoms with Gasteiger partial charge in [-0.05, 0) is 6.07 Å². The van der Waals surface area contributed by atoms with Crippen LogP contribution >= 0.6 is 34.7 Å². The summed E-state index contributed by atoms with van der Waals surface area (Å²) in [7, 11) is 0. The van der Waals surface area contributed by atoms with Crippen molar-refractivity contribution in [2.75, 3.05) is 0 Å². The molecule has 5 rings (SSSR count). The lowest BCUT2D eigenvalue weighted by Gasteiger charge is -2.07. The molecule has 9 heteroatoms. The number of benzene rings is 2. The summed E-state index contributed by atoms with van der Waals surface area (Å²) in [6.07, 6.45) is 1.81. The van der Waals surface area contributed by atoms with Crippen molar-refractivity contribution in [3.8, 4) is 22.5 Å². The normalized spacial score (nSPS) is 11.2. The highest BCUT2D eigenvalue weighted by Crippen LogP contribution is 2.35. The quantitative estimate of drug-likeness (QED) is 0.222. The second kappa shape index (κ2) is 9.35. The Morgan fingerprint density at radius 2 is 1.88 bits per heavy atom. The lowest BCUT2D eigenvalue weighted by Crippen LogP contribution is -2.11. The lowest BCUT2D eigenvalue weighted by molar-refractivity contribution is 0.730. The Bertz CT molecular complexity index is 1510. The van der Waals surface area contributed by atoms with Gasteiger partial charge in [-0.25, -0.2) is 4.98 Å². The average molecular weight is 492 g/mol. The molecular weight excluding hydrogens is 474 g/mol. The molecular formula is C24H18ClN5OS2. The molecule has 0 fully saturated rings. The first-order valence-corrected chi connectivity index (χ1v) is 12.4. The Labute approximate surface area is 203 Å².